The number of urea groups is 1. The van der Waals surface area contributed by atoms with Gasteiger partial charge in [-0.05, 0) is 18.2 Å². The number of anilines is 1. The number of nitrogens with one attached hydrogen (secondary N) is 1. The fraction of sp³-hybridized carbons (Fsp3) is 0.167. The summed E-state index contributed by atoms with van der Waals surface area (Å²) in [4.78, 5) is 23.8. The van der Waals surface area contributed by atoms with Crippen LogP contribution >= 0.6 is 15.9 Å². The second-order valence-corrected chi connectivity index (χ2v) is 4.44. The number of carboxylic acids is 1. The maximum Gasteiger partial charge on any atom is 0.335 e. The maximum atomic E-state index is 11.7. The molecule has 94 valence electrons. The molecule has 2 N–H and O–H groups in total. The molecule has 0 fully saturated rings. The lowest BCUT2D eigenvalue weighted by Crippen LogP contribution is -2.31. The lowest BCUT2D eigenvalue weighted by atomic mass is 10.2. The number of amides is 2. The Morgan fingerprint density at radius 2 is 2.17 bits per heavy atom. The average molecular weight is 311 g/mol. The first-order valence-electron chi connectivity index (χ1n) is 4.93. The molecule has 0 aromatic heterocycles. The minimum Gasteiger partial charge on any atom is -0.478 e. The van der Waals surface area contributed by atoms with E-state index in [1.165, 1.54) is 17.0 Å². The van der Waals surface area contributed by atoms with Gasteiger partial charge in [-0.1, -0.05) is 21.9 Å². The summed E-state index contributed by atoms with van der Waals surface area (Å²) in [7, 11) is 1.55. The molecular formula is C12H11BrN2O3. The molecule has 18 heavy (non-hydrogen) atoms. The van der Waals surface area contributed by atoms with Crippen LogP contribution in [0.5, 0.6) is 0 Å². The van der Waals surface area contributed by atoms with Crippen molar-refractivity contribution in [3.05, 3.63) is 28.2 Å². The van der Waals surface area contributed by atoms with Gasteiger partial charge in [-0.15, -0.1) is 6.42 Å². The van der Waals surface area contributed by atoms with Crippen molar-refractivity contribution in [2.45, 2.75) is 0 Å². The molecule has 0 heterocycles. The molecule has 5 nitrogen and oxygen atoms in total. The van der Waals surface area contributed by atoms with E-state index in [-0.39, 0.29) is 12.1 Å². The Morgan fingerprint density at radius 3 is 2.72 bits per heavy atom. The Hall–Kier alpha value is -2.00. The molecule has 1 rings (SSSR count). The Labute approximate surface area is 113 Å². The van der Waals surface area contributed by atoms with Crippen molar-refractivity contribution in [1.29, 1.82) is 0 Å². The highest BCUT2D eigenvalue weighted by atomic mass is 79.9. The van der Waals surface area contributed by atoms with Crippen LogP contribution in [0.15, 0.2) is 22.7 Å². The minimum atomic E-state index is -1.07. The normalized spacial score (nSPS) is 9.39. The predicted molar refractivity (Wildman–Crippen MR) is 71.6 cm³/mol. The zero-order valence-electron chi connectivity index (χ0n) is 9.61. The molecule has 1 aromatic rings. The maximum absolute atomic E-state index is 11.7. The van der Waals surface area contributed by atoms with Crippen LogP contribution < -0.4 is 5.32 Å². The first-order valence-corrected chi connectivity index (χ1v) is 5.73. The molecule has 0 saturated carbocycles. The van der Waals surface area contributed by atoms with Gasteiger partial charge < -0.3 is 15.3 Å². The van der Waals surface area contributed by atoms with Gasteiger partial charge >= 0.3 is 12.0 Å². The quantitative estimate of drug-likeness (QED) is 0.841. The smallest absolute Gasteiger partial charge is 0.335 e. The van der Waals surface area contributed by atoms with Gasteiger partial charge in [0.15, 0.2) is 0 Å². The topological polar surface area (TPSA) is 69.6 Å². The minimum absolute atomic E-state index is 0.0827. The van der Waals surface area contributed by atoms with Gasteiger partial charge in [0, 0.05) is 17.2 Å². The molecular weight excluding hydrogens is 300 g/mol. The number of terminal acetylenes is 1. The number of halogens is 1. The van der Waals surface area contributed by atoms with E-state index in [1.807, 2.05) is 0 Å². The van der Waals surface area contributed by atoms with Crippen LogP contribution in [0.4, 0.5) is 10.5 Å². The highest BCUT2D eigenvalue weighted by molar-refractivity contribution is 9.10. The second kappa shape index (κ2) is 6.07. The van der Waals surface area contributed by atoms with Crippen molar-refractivity contribution < 1.29 is 14.7 Å². The lowest BCUT2D eigenvalue weighted by molar-refractivity contribution is 0.0697. The molecule has 0 saturated heterocycles. The van der Waals surface area contributed by atoms with Crippen molar-refractivity contribution in [2.24, 2.45) is 0 Å². The molecule has 0 bridgehead atoms. The summed E-state index contributed by atoms with van der Waals surface area (Å²) in [5, 5.41) is 11.5. The number of aromatic carboxylic acids is 1. The van der Waals surface area contributed by atoms with Gasteiger partial charge in [0.1, 0.15) is 0 Å². The third-order valence-electron chi connectivity index (χ3n) is 2.07. The van der Waals surface area contributed by atoms with E-state index < -0.39 is 12.0 Å². The summed E-state index contributed by atoms with van der Waals surface area (Å²) in [6.07, 6.45) is 5.09. The van der Waals surface area contributed by atoms with Crippen LogP contribution in [0.1, 0.15) is 10.4 Å². The number of benzene rings is 1. The van der Waals surface area contributed by atoms with Crippen LogP contribution in [0, 0.1) is 12.3 Å². The Balaban J connectivity index is 2.88. The van der Waals surface area contributed by atoms with E-state index in [1.54, 1.807) is 13.1 Å². The Morgan fingerprint density at radius 1 is 1.50 bits per heavy atom. The first-order chi connectivity index (χ1) is 8.43. The lowest BCUT2D eigenvalue weighted by Gasteiger charge is -2.15. The van der Waals surface area contributed by atoms with Gasteiger partial charge in [0.05, 0.1) is 12.1 Å². The fourth-order valence-electron chi connectivity index (χ4n) is 1.21. The van der Waals surface area contributed by atoms with Gasteiger partial charge in [-0.2, -0.15) is 0 Å². The number of carboxylic acid groups (broad SMARTS) is 1. The molecule has 0 aliphatic rings. The molecule has 0 aliphatic heterocycles. The molecule has 1 aromatic carbocycles. The van der Waals surface area contributed by atoms with Gasteiger partial charge in [-0.3, -0.25) is 0 Å². The van der Waals surface area contributed by atoms with Crippen molar-refractivity contribution in [1.82, 2.24) is 4.90 Å². The molecule has 0 radical (unpaired) electrons. The predicted octanol–water partition coefficient (Wildman–Crippen LogP) is 2.24. The molecule has 6 heteroatoms. The second-order valence-electron chi connectivity index (χ2n) is 3.52. The van der Waals surface area contributed by atoms with Crippen LogP contribution in [-0.4, -0.2) is 35.6 Å². The molecule has 2 amide bonds. The third kappa shape index (κ3) is 3.79. The van der Waals surface area contributed by atoms with Crippen LogP contribution in [0.3, 0.4) is 0 Å². The van der Waals surface area contributed by atoms with E-state index in [4.69, 9.17) is 11.5 Å². The zero-order chi connectivity index (χ0) is 13.7. The average Bonchev–Trinajstić information content (AvgIpc) is 2.28. The van der Waals surface area contributed by atoms with Crippen molar-refractivity contribution in [2.75, 3.05) is 18.9 Å². The summed E-state index contributed by atoms with van der Waals surface area (Å²) in [6, 6.07) is 4.02. The van der Waals surface area contributed by atoms with Gasteiger partial charge in [0.2, 0.25) is 0 Å². The van der Waals surface area contributed by atoms with E-state index in [9.17, 15) is 9.59 Å². The van der Waals surface area contributed by atoms with E-state index >= 15 is 0 Å². The summed E-state index contributed by atoms with van der Waals surface area (Å²) in [5.41, 5.74) is 0.468. The Bertz CT molecular complexity index is 523. The van der Waals surface area contributed by atoms with Gasteiger partial charge in [0.25, 0.3) is 0 Å². The summed E-state index contributed by atoms with van der Waals surface area (Å²) in [5.74, 6) is 1.27. The SMILES string of the molecule is C#CCN(C)C(=O)Nc1cc(Br)cc(C(=O)O)c1. The molecule has 0 unspecified atom stereocenters. The first kappa shape index (κ1) is 14.1. The van der Waals surface area contributed by atoms with Crippen molar-refractivity contribution in [3.63, 3.8) is 0 Å². The van der Waals surface area contributed by atoms with Crippen LogP contribution in [-0.2, 0) is 0 Å². The monoisotopic (exact) mass is 310 g/mol. The number of rotatable bonds is 3. The molecule has 0 spiro atoms. The number of nitrogens with zero attached hydrogens (tertiary/aromatic N) is 1. The highest BCUT2D eigenvalue weighted by Gasteiger charge is 2.10. The van der Waals surface area contributed by atoms with Crippen LogP contribution in [0.2, 0.25) is 0 Å². The molecule has 0 aliphatic carbocycles. The summed E-state index contributed by atoms with van der Waals surface area (Å²) >= 11 is 3.18. The number of carbonyl (C=O) groups excluding carboxylic acids is 1. The summed E-state index contributed by atoms with van der Waals surface area (Å²) in [6.45, 7) is 0.172. The fourth-order valence-corrected chi connectivity index (χ4v) is 1.71. The van der Waals surface area contributed by atoms with Crippen molar-refractivity contribution in [3.8, 4) is 12.3 Å². The number of carbonyl (C=O) groups is 2. The third-order valence-corrected chi connectivity index (χ3v) is 2.53. The standard InChI is InChI=1S/C12H11BrN2O3/c1-3-4-15(2)12(18)14-10-6-8(11(16)17)5-9(13)7-10/h1,5-7H,4H2,2H3,(H,14,18)(H,16,17). The van der Waals surface area contributed by atoms with E-state index in [2.05, 4.69) is 27.2 Å². The molecule has 0 atom stereocenters. The van der Waals surface area contributed by atoms with Crippen molar-refractivity contribution >= 4 is 33.6 Å². The number of hydrogen-bond donors (Lipinski definition) is 2. The van der Waals surface area contributed by atoms with E-state index in [0.717, 1.165) is 0 Å². The van der Waals surface area contributed by atoms with Gasteiger partial charge in [-0.25, -0.2) is 9.59 Å². The Kier molecular flexibility index (Phi) is 4.75. The summed E-state index contributed by atoms with van der Waals surface area (Å²) < 4.78 is 0.567. The number of hydrogen-bond acceptors (Lipinski definition) is 2. The van der Waals surface area contributed by atoms with E-state index in [0.29, 0.717) is 10.2 Å². The highest BCUT2D eigenvalue weighted by Crippen LogP contribution is 2.20. The van der Waals surface area contributed by atoms with Crippen LogP contribution in [0.25, 0.3) is 0 Å². The largest absolute Gasteiger partial charge is 0.478 e. The zero-order valence-corrected chi connectivity index (χ0v) is 11.2.